The van der Waals surface area contributed by atoms with Crippen LogP contribution in [0.5, 0.6) is 0 Å². The molecule has 11 heavy (non-hydrogen) atoms. The molecule has 1 saturated carbocycles. The van der Waals surface area contributed by atoms with Gasteiger partial charge in [0.1, 0.15) is 0 Å². The van der Waals surface area contributed by atoms with Crippen molar-refractivity contribution in [2.45, 2.75) is 32.8 Å². The maximum Gasteiger partial charge on any atom is 0.0955 e. The first kappa shape index (κ1) is 13.1. The van der Waals surface area contributed by atoms with Crippen molar-refractivity contribution >= 4 is 45.2 Å². The van der Waals surface area contributed by atoms with Crippen LogP contribution in [-0.4, -0.2) is 7.09 Å². The van der Waals surface area contributed by atoms with Crippen LogP contribution >= 0.6 is 45.2 Å². The van der Waals surface area contributed by atoms with Crippen LogP contribution in [0, 0.1) is 0 Å². The van der Waals surface area contributed by atoms with Crippen molar-refractivity contribution < 1.29 is 21.1 Å². The maximum absolute atomic E-state index is 6.01. The molecule has 1 rings (SSSR count). The molecule has 2 atom stereocenters. The van der Waals surface area contributed by atoms with Gasteiger partial charge >= 0.3 is 0 Å². The molecule has 0 aromatic heterocycles. The quantitative estimate of drug-likeness (QED) is 0.269. The molecule has 4 N–H and O–H groups in total. The summed E-state index contributed by atoms with van der Waals surface area (Å²) in [6, 6.07) is 0. The zero-order valence-electron chi connectivity index (χ0n) is 6.06. The van der Waals surface area contributed by atoms with Gasteiger partial charge in [-0.05, 0) is 12.8 Å². The first-order valence-corrected chi connectivity index (χ1v) is 5.57. The van der Waals surface area contributed by atoms with Crippen LogP contribution in [0.4, 0.5) is 0 Å². The third kappa shape index (κ3) is 3.04. The van der Waals surface area contributed by atoms with E-state index in [9.17, 15) is 0 Å². The van der Waals surface area contributed by atoms with Gasteiger partial charge in [0.05, 0.1) is 7.09 Å². The summed E-state index contributed by atoms with van der Waals surface area (Å²) in [5, 5.41) is 0. The monoisotopic (exact) mass is 561 g/mol. The van der Waals surface area contributed by atoms with E-state index in [0.29, 0.717) is 0 Å². The molecule has 0 aromatic carbocycles. The molecule has 1 aliphatic carbocycles. The topological polar surface area (TPSA) is 52.0 Å². The molecule has 0 aromatic rings. The van der Waals surface area contributed by atoms with Gasteiger partial charge in [-0.15, -0.1) is 0 Å². The Labute approximate surface area is 109 Å². The first-order valence-electron chi connectivity index (χ1n) is 3.41. The summed E-state index contributed by atoms with van der Waals surface area (Å²) >= 11 is 4.56. The van der Waals surface area contributed by atoms with Gasteiger partial charge in [0.2, 0.25) is 0 Å². The number of hydrogen-bond donors (Lipinski definition) is 2. The fourth-order valence-electron chi connectivity index (χ4n) is 1.18. The zero-order valence-corrected chi connectivity index (χ0v) is 12.6. The largest absolute Gasteiger partial charge is 0.315 e. The van der Waals surface area contributed by atoms with Crippen LogP contribution in [0.2, 0.25) is 0 Å². The Morgan fingerprint density at radius 3 is 1.36 bits per heavy atom. The van der Waals surface area contributed by atoms with Crippen molar-refractivity contribution in [3.63, 3.8) is 0 Å². The first-order chi connectivity index (χ1) is 4.46. The van der Waals surface area contributed by atoms with Crippen molar-refractivity contribution in [3.8, 4) is 0 Å². The molecule has 5 heteroatoms. The number of hydrogen-bond acceptors (Lipinski definition) is 2. The second-order valence-electron chi connectivity index (χ2n) is 2.93. The summed E-state index contributed by atoms with van der Waals surface area (Å²) in [6.07, 6.45) is 4.54. The number of halogens is 2. The van der Waals surface area contributed by atoms with Crippen LogP contribution in [0.25, 0.3) is 0 Å². The van der Waals surface area contributed by atoms with Gasteiger partial charge in [-0.1, -0.05) is 58.0 Å². The minimum absolute atomic E-state index is 0. The molecule has 0 spiro atoms. The van der Waals surface area contributed by atoms with Gasteiger partial charge in [0.15, 0.2) is 0 Å². The van der Waals surface area contributed by atoms with E-state index in [4.69, 9.17) is 11.5 Å². The van der Waals surface area contributed by atoms with E-state index < -0.39 is 0 Å². The van der Waals surface area contributed by atoms with Gasteiger partial charge in [-0.3, -0.25) is 0 Å². The summed E-state index contributed by atoms with van der Waals surface area (Å²) in [7, 11) is 0. The smallest absolute Gasteiger partial charge is 0.0955 e. The van der Waals surface area contributed by atoms with E-state index in [1.165, 1.54) is 12.8 Å². The van der Waals surface area contributed by atoms with Crippen molar-refractivity contribution in [1.29, 1.82) is 0 Å². The standard InChI is InChI=1S/C6H12I2N2.Pt/c7-5(9)3-1-2-4-6(5,8)10;/h1-4,9-10H2;/t5-,6-;/m1./s1. The van der Waals surface area contributed by atoms with E-state index in [1.54, 1.807) is 0 Å². The van der Waals surface area contributed by atoms with Crippen molar-refractivity contribution in [2.24, 2.45) is 11.5 Å². The van der Waals surface area contributed by atoms with E-state index >= 15 is 0 Å². The molecule has 0 radical (unpaired) electrons. The van der Waals surface area contributed by atoms with Crippen molar-refractivity contribution in [1.82, 2.24) is 0 Å². The normalized spacial score (nSPS) is 44.7. The van der Waals surface area contributed by atoms with Gasteiger partial charge in [0.25, 0.3) is 0 Å². The van der Waals surface area contributed by atoms with Crippen LogP contribution in [0.3, 0.4) is 0 Å². The summed E-state index contributed by atoms with van der Waals surface area (Å²) in [5.41, 5.74) is 12.0. The molecule has 1 fully saturated rings. The van der Waals surface area contributed by atoms with E-state index in [1.807, 2.05) is 0 Å². The van der Waals surface area contributed by atoms with Crippen LogP contribution in [0.15, 0.2) is 0 Å². The minimum atomic E-state index is -0.191. The average molecular weight is 561 g/mol. The Bertz CT molecular complexity index is 123. The summed E-state index contributed by atoms with van der Waals surface area (Å²) in [5.74, 6) is 0. The zero-order chi connectivity index (χ0) is 7.83. The molecule has 0 bridgehead atoms. The number of alkyl halides is 2. The average Bonchev–Trinajstić information content (AvgIpc) is 1.77. The predicted octanol–water partition coefficient (Wildman–Crippen LogP) is 1.74. The third-order valence-electron chi connectivity index (χ3n) is 2.02. The van der Waals surface area contributed by atoms with Gasteiger partial charge in [-0.2, -0.15) is 0 Å². The van der Waals surface area contributed by atoms with Crippen LogP contribution in [-0.2, 0) is 21.1 Å². The number of nitrogens with two attached hydrogens (primary N) is 2. The fourth-order valence-corrected chi connectivity index (χ4v) is 2.48. The molecule has 70 valence electrons. The predicted molar refractivity (Wildman–Crippen MR) is 60.3 cm³/mol. The fraction of sp³-hybridized carbons (Fsp3) is 1.00. The van der Waals surface area contributed by atoms with Crippen LogP contribution in [0.1, 0.15) is 25.7 Å². The summed E-state index contributed by atoms with van der Waals surface area (Å²) < 4.78 is -0.382. The molecule has 2 nitrogen and oxygen atoms in total. The van der Waals surface area contributed by atoms with E-state index in [2.05, 4.69) is 45.2 Å². The second-order valence-corrected chi connectivity index (χ2v) is 6.78. The molecular formula is C6H12I2N2Pt. The maximum atomic E-state index is 6.01. The van der Waals surface area contributed by atoms with Crippen molar-refractivity contribution in [2.75, 3.05) is 0 Å². The molecule has 0 unspecified atom stereocenters. The number of rotatable bonds is 0. The van der Waals surface area contributed by atoms with Crippen molar-refractivity contribution in [3.05, 3.63) is 0 Å². The van der Waals surface area contributed by atoms with Gasteiger partial charge in [0, 0.05) is 21.1 Å². The molecule has 0 amide bonds. The SMILES string of the molecule is N[C@]1(I)CCCC[C@]1(N)I.[Pt]. The second kappa shape index (κ2) is 4.53. The Morgan fingerprint density at radius 2 is 1.18 bits per heavy atom. The summed E-state index contributed by atoms with van der Waals surface area (Å²) in [6.45, 7) is 0. The Morgan fingerprint density at radius 1 is 0.909 bits per heavy atom. The van der Waals surface area contributed by atoms with Crippen LogP contribution < -0.4 is 11.5 Å². The summed E-state index contributed by atoms with van der Waals surface area (Å²) in [4.78, 5) is 0. The molecule has 0 saturated heterocycles. The Balaban J connectivity index is 0.000001000. The van der Waals surface area contributed by atoms with Gasteiger partial charge in [-0.25, -0.2) is 0 Å². The molecule has 0 aliphatic heterocycles. The molecule has 0 heterocycles. The minimum Gasteiger partial charge on any atom is -0.315 e. The third-order valence-corrected chi connectivity index (χ3v) is 6.06. The van der Waals surface area contributed by atoms with Gasteiger partial charge < -0.3 is 11.5 Å². The Kier molecular flexibility index (Phi) is 5.38. The van der Waals surface area contributed by atoms with E-state index in [0.717, 1.165) is 12.8 Å². The molecular weight excluding hydrogens is 549 g/mol. The van der Waals surface area contributed by atoms with E-state index in [-0.39, 0.29) is 28.2 Å². The molecule has 1 aliphatic rings. The Hall–Kier alpha value is 2.07.